The summed E-state index contributed by atoms with van der Waals surface area (Å²) in [5.41, 5.74) is 2.09. The highest BCUT2D eigenvalue weighted by Crippen LogP contribution is 2.25. The highest BCUT2D eigenvalue weighted by atomic mass is 79.9. The number of fused-ring (bicyclic) bond motifs is 1. The summed E-state index contributed by atoms with van der Waals surface area (Å²) in [5, 5.41) is 0.903. The highest BCUT2D eigenvalue weighted by Gasteiger charge is 2.16. The molecule has 0 aliphatic heterocycles. The van der Waals surface area contributed by atoms with Crippen molar-refractivity contribution in [1.82, 2.24) is 4.57 Å². The zero-order chi connectivity index (χ0) is 14.3. The second kappa shape index (κ2) is 4.87. The predicted molar refractivity (Wildman–Crippen MR) is 80.5 cm³/mol. The molecule has 0 aliphatic rings. The molecule has 0 radical (unpaired) electrons. The number of aryl methyl sites for hydroxylation is 1. The standard InChI is InChI=1S/C16H11BrFNO/c1-19-9-12(11-4-2-3-5-15(11)19)16(20)10-6-7-14(18)13(17)8-10/h2-9H,1H3. The zero-order valence-electron chi connectivity index (χ0n) is 10.7. The Morgan fingerprint density at radius 2 is 1.95 bits per heavy atom. The number of halogens is 2. The maximum absolute atomic E-state index is 13.3. The quantitative estimate of drug-likeness (QED) is 0.641. The number of benzene rings is 2. The number of aromatic nitrogens is 1. The van der Waals surface area contributed by atoms with Gasteiger partial charge in [-0.2, -0.15) is 0 Å². The van der Waals surface area contributed by atoms with Gasteiger partial charge in [0.15, 0.2) is 5.78 Å². The van der Waals surface area contributed by atoms with Gasteiger partial charge >= 0.3 is 0 Å². The van der Waals surface area contributed by atoms with E-state index in [2.05, 4.69) is 15.9 Å². The molecule has 0 fully saturated rings. The summed E-state index contributed by atoms with van der Waals surface area (Å²) in [5.74, 6) is -0.484. The number of carbonyl (C=O) groups excluding carboxylic acids is 1. The lowest BCUT2D eigenvalue weighted by Gasteiger charge is -2.01. The number of rotatable bonds is 2. The lowest BCUT2D eigenvalue weighted by Crippen LogP contribution is -2.01. The Morgan fingerprint density at radius 1 is 1.20 bits per heavy atom. The second-order valence-corrected chi connectivity index (χ2v) is 5.48. The summed E-state index contributed by atoms with van der Waals surface area (Å²) in [6.07, 6.45) is 1.81. The first-order chi connectivity index (χ1) is 9.58. The third-order valence-corrected chi connectivity index (χ3v) is 3.93. The summed E-state index contributed by atoms with van der Waals surface area (Å²) >= 11 is 3.11. The van der Waals surface area contributed by atoms with E-state index in [1.54, 1.807) is 0 Å². The van der Waals surface area contributed by atoms with E-state index < -0.39 is 0 Å². The van der Waals surface area contributed by atoms with Crippen molar-refractivity contribution in [1.29, 1.82) is 0 Å². The molecule has 2 aromatic carbocycles. The van der Waals surface area contributed by atoms with Crippen LogP contribution in [0.15, 0.2) is 53.1 Å². The third kappa shape index (κ3) is 2.06. The van der Waals surface area contributed by atoms with Gasteiger partial charge in [0.05, 0.1) is 4.47 Å². The normalized spacial score (nSPS) is 10.9. The summed E-state index contributed by atoms with van der Waals surface area (Å²) < 4.78 is 15.5. The van der Waals surface area contributed by atoms with Crippen LogP contribution >= 0.6 is 15.9 Å². The van der Waals surface area contributed by atoms with Crippen molar-refractivity contribution in [3.63, 3.8) is 0 Å². The lowest BCUT2D eigenvalue weighted by molar-refractivity contribution is 0.104. The van der Waals surface area contributed by atoms with Crippen LogP contribution in [0.3, 0.4) is 0 Å². The molecule has 0 unspecified atom stereocenters. The molecule has 0 spiro atoms. The minimum absolute atomic E-state index is 0.109. The molecule has 0 N–H and O–H groups in total. The van der Waals surface area contributed by atoms with Crippen LogP contribution in [0, 0.1) is 5.82 Å². The van der Waals surface area contributed by atoms with Crippen LogP contribution in [-0.4, -0.2) is 10.4 Å². The van der Waals surface area contributed by atoms with Crippen molar-refractivity contribution in [3.05, 3.63) is 70.1 Å². The summed E-state index contributed by atoms with van der Waals surface area (Å²) in [4.78, 5) is 12.6. The highest BCUT2D eigenvalue weighted by molar-refractivity contribution is 9.10. The number of nitrogens with zero attached hydrogens (tertiary/aromatic N) is 1. The fourth-order valence-electron chi connectivity index (χ4n) is 2.32. The van der Waals surface area contributed by atoms with Crippen LogP contribution in [0.2, 0.25) is 0 Å². The molecule has 100 valence electrons. The summed E-state index contributed by atoms with van der Waals surface area (Å²) in [6.45, 7) is 0. The van der Waals surface area contributed by atoms with E-state index in [0.717, 1.165) is 10.9 Å². The lowest BCUT2D eigenvalue weighted by atomic mass is 10.0. The van der Waals surface area contributed by atoms with Gasteiger partial charge in [-0.25, -0.2) is 4.39 Å². The first-order valence-electron chi connectivity index (χ1n) is 6.12. The molecule has 0 amide bonds. The number of ketones is 1. The van der Waals surface area contributed by atoms with Crippen molar-refractivity contribution in [2.45, 2.75) is 0 Å². The number of hydrogen-bond acceptors (Lipinski definition) is 1. The van der Waals surface area contributed by atoms with Gasteiger partial charge in [-0.05, 0) is 40.2 Å². The van der Waals surface area contributed by atoms with Crippen molar-refractivity contribution in [2.75, 3.05) is 0 Å². The average Bonchev–Trinajstić information content (AvgIpc) is 2.79. The molecule has 0 bridgehead atoms. The number of carbonyl (C=O) groups is 1. The SMILES string of the molecule is Cn1cc(C(=O)c2ccc(F)c(Br)c2)c2ccccc21. The van der Waals surface area contributed by atoms with Crippen LogP contribution in [0.4, 0.5) is 4.39 Å². The van der Waals surface area contributed by atoms with Crippen molar-refractivity contribution >= 4 is 32.6 Å². The van der Waals surface area contributed by atoms with Gasteiger partial charge in [-0.3, -0.25) is 4.79 Å². The topological polar surface area (TPSA) is 22.0 Å². The van der Waals surface area contributed by atoms with Gasteiger partial charge in [-0.1, -0.05) is 18.2 Å². The Balaban J connectivity index is 2.15. The fraction of sp³-hybridized carbons (Fsp3) is 0.0625. The van der Waals surface area contributed by atoms with Gasteiger partial charge in [0.2, 0.25) is 0 Å². The molecule has 0 aliphatic carbocycles. The molecular formula is C16H11BrFNO. The summed E-state index contributed by atoms with van der Waals surface area (Å²) in [7, 11) is 1.90. The van der Waals surface area contributed by atoms with E-state index in [1.807, 2.05) is 42.1 Å². The number of para-hydroxylation sites is 1. The van der Waals surface area contributed by atoms with Crippen LogP contribution in [0.1, 0.15) is 15.9 Å². The van der Waals surface area contributed by atoms with Crippen LogP contribution in [0.25, 0.3) is 10.9 Å². The van der Waals surface area contributed by atoms with Gasteiger partial charge in [-0.15, -0.1) is 0 Å². The van der Waals surface area contributed by atoms with E-state index >= 15 is 0 Å². The monoisotopic (exact) mass is 331 g/mol. The Kier molecular flexibility index (Phi) is 3.18. The van der Waals surface area contributed by atoms with Crippen molar-refractivity contribution < 1.29 is 9.18 Å². The molecule has 1 aromatic heterocycles. The second-order valence-electron chi connectivity index (χ2n) is 4.63. The largest absolute Gasteiger partial charge is 0.350 e. The van der Waals surface area contributed by atoms with Gasteiger partial charge in [0.1, 0.15) is 5.82 Å². The van der Waals surface area contributed by atoms with E-state index in [-0.39, 0.29) is 11.6 Å². The molecule has 0 saturated heterocycles. The molecule has 3 rings (SSSR count). The minimum atomic E-state index is -0.375. The van der Waals surface area contributed by atoms with E-state index in [1.165, 1.54) is 18.2 Å². The molecule has 2 nitrogen and oxygen atoms in total. The Labute approximate surface area is 124 Å². The third-order valence-electron chi connectivity index (χ3n) is 3.32. The van der Waals surface area contributed by atoms with Crippen LogP contribution in [-0.2, 0) is 7.05 Å². The van der Waals surface area contributed by atoms with Crippen molar-refractivity contribution in [3.8, 4) is 0 Å². The number of hydrogen-bond donors (Lipinski definition) is 0. The summed E-state index contributed by atoms with van der Waals surface area (Å²) in [6, 6.07) is 12.0. The molecule has 4 heteroatoms. The van der Waals surface area contributed by atoms with Gasteiger partial charge < -0.3 is 4.57 Å². The molecular weight excluding hydrogens is 321 g/mol. The molecule has 0 atom stereocenters. The maximum Gasteiger partial charge on any atom is 0.195 e. The maximum atomic E-state index is 13.3. The first-order valence-corrected chi connectivity index (χ1v) is 6.91. The Hall–Kier alpha value is -1.94. The van der Waals surface area contributed by atoms with Gasteiger partial charge in [0.25, 0.3) is 0 Å². The molecule has 20 heavy (non-hydrogen) atoms. The van der Waals surface area contributed by atoms with E-state index in [0.29, 0.717) is 15.6 Å². The average molecular weight is 332 g/mol. The first kappa shape index (κ1) is 13.1. The van der Waals surface area contributed by atoms with E-state index in [9.17, 15) is 9.18 Å². The minimum Gasteiger partial charge on any atom is -0.350 e. The van der Waals surface area contributed by atoms with Gasteiger partial charge in [0, 0.05) is 35.3 Å². The molecule has 0 saturated carbocycles. The molecule has 1 heterocycles. The van der Waals surface area contributed by atoms with Crippen LogP contribution < -0.4 is 0 Å². The smallest absolute Gasteiger partial charge is 0.195 e. The molecule has 3 aromatic rings. The Morgan fingerprint density at radius 3 is 2.70 bits per heavy atom. The zero-order valence-corrected chi connectivity index (χ0v) is 12.3. The van der Waals surface area contributed by atoms with E-state index in [4.69, 9.17) is 0 Å². The fourth-order valence-corrected chi connectivity index (χ4v) is 2.69. The Bertz CT molecular complexity index is 822. The van der Waals surface area contributed by atoms with Crippen molar-refractivity contribution in [2.24, 2.45) is 7.05 Å². The van der Waals surface area contributed by atoms with Crippen LogP contribution in [0.5, 0.6) is 0 Å². The predicted octanol–water partition coefficient (Wildman–Crippen LogP) is 4.31.